The quantitative estimate of drug-likeness (QED) is 0.899. The van der Waals surface area contributed by atoms with Gasteiger partial charge < -0.3 is 5.32 Å². The largest absolute Gasteiger partial charge is 0.326 e. The zero-order valence-electron chi connectivity index (χ0n) is 8.09. The molecule has 1 aliphatic carbocycles. The first kappa shape index (κ1) is 11.0. The van der Waals surface area contributed by atoms with E-state index >= 15 is 0 Å². The smallest absolute Gasteiger partial charge is 0.224 e. The van der Waals surface area contributed by atoms with E-state index in [0.29, 0.717) is 17.4 Å². The lowest BCUT2D eigenvalue weighted by atomic mass is 10.2. The van der Waals surface area contributed by atoms with Gasteiger partial charge in [-0.3, -0.25) is 4.79 Å². The zero-order chi connectivity index (χ0) is 10.8. The van der Waals surface area contributed by atoms with Gasteiger partial charge in [-0.25, -0.2) is 0 Å². The van der Waals surface area contributed by atoms with Crippen LogP contribution in [-0.4, -0.2) is 5.91 Å². The van der Waals surface area contributed by atoms with E-state index in [1.807, 2.05) is 12.1 Å². The molecule has 80 valence electrons. The van der Waals surface area contributed by atoms with E-state index in [2.05, 4.69) is 21.2 Å². The molecule has 0 unspecified atom stereocenters. The van der Waals surface area contributed by atoms with E-state index in [1.165, 1.54) is 12.8 Å². The van der Waals surface area contributed by atoms with E-state index in [-0.39, 0.29) is 5.91 Å². The van der Waals surface area contributed by atoms with Gasteiger partial charge in [-0.2, -0.15) is 0 Å². The van der Waals surface area contributed by atoms with Crippen molar-refractivity contribution in [3.8, 4) is 0 Å². The van der Waals surface area contributed by atoms with Gasteiger partial charge >= 0.3 is 0 Å². The molecule has 0 radical (unpaired) electrons. The Hall–Kier alpha value is -0.540. The highest BCUT2D eigenvalue weighted by Gasteiger charge is 2.24. The van der Waals surface area contributed by atoms with Gasteiger partial charge in [0.2, 0.25) is 5.91 Å². The third kappa shape index (κ3) is 3.21. The minimum atomic E-state index is 0.0795. The van der Waals surface area contributed by atoms with Crippen molar-refractivity contribution < 1.29 is 4.79 Å². The summed E-state index contributed by atoms with van der Waals surface area (Å²) in [5, 5.41) is 3.45. The van der Waals surface area contributed by atoms with E-state index in [1.54, 1.807) is 6.07 Å². The molecule has 0 aliphatic heterocycles. The van der Waals surface area contributed by atoms with Gasteiger partial charge in [-0.1, -0.05) is 11.6 Å². The maximum absolute atomic E-state index is 11.5. The normalized spacial score (nSPS) is 15.1. The van der Waals surface area contributed by atoms with Gasteiger partial charge in [0, 0.05) is 16.6 Å². The van der Waals surface area contributed by atoms with Crippen molar-refractivity contribution in [1.29, 1.82) is 0 Å². The summed E-state index contributed by atoms with van der Waals surface area (Å²) in [6.07, 6.45) is 3.01. The molecular formula is C11H11BrClNO. The molecule has 1 aromatic carbocycles. The Bertz CT molecular complexity index is 390. The third-order valence-corrected chi connectivity index (χ3v) is 3.61. The van der Waals surface area contributed by atoms with Crippen molar-refractivity contribution in [3.63, 3.8) is 0 Å². The molecule has 15 heavy (non-hydrogen) atoms. The first-order valence-corrected chi connectivity index (χ1v) is 6.07. The molecule has 0 bridgehead atoms. The first-order chi connectivity index (χ1) is 7.15. The van der Waals surface area contributed by atoms with Crippen LogP contribution in [0, 0.1) is 5.92 Å². The van der Waals surface area contributed by atoms with Crippen LogP contribution in [0.2, 0.25) is 5.02 Å². The molecule has 0 saturated heterocycles. The highest BCUT2D eigenvalue weighted by atomic mass is 79.9. The van der Waals surface area contributed by atoms with Crippen molar-refractivity contribution in [2.24, 2.45) is 5.92 Å². The summed E-state index contributed by atoms with van der Waals surface area (Å²) in [7, 11) is 0. The second-order valence-electron chi connectivity index (χ2n) is 3.82. The molecule has 2 rings (SSSR count). The maximum atomic E-state index is 11.5. The Kier molecular flexibility index (Phi) is 3.32. The number of hydrogen-bond acceptors (Lipinski definition) is 1. The summed E-state index contributed by atoms with van der Waals surface area (Å²) in [6, 6.07) is 5.41. The van der Waals surface area contributed by atoms with Crippen LogP contribution in [0.5, 0.6) is 0 Å². The Morgan fingerprint density at radius 3 is 2.87 bits per heavy atom. The summed E-state index contributed by atoms with van der Waals surface area (Å²) >= 11 is 9.22. The van der Waals surface area contributed by atoms with Crippen molar-refractivity contribution in [2.45, 2.75) is 19.3 Å². The Morgan fingerprint density at radius 1 is 1.53 bits per heavy atom. The van der Waals surface area contributed by atoms with Gasteiger partial charge in [-0.05, 0) is 52.9 Å². The van der Waals surface area contributed by atoms with Crippen LogP contribution in [0.1, 0.15) is 19.3 Å². The number of nitrogens with one attached hydrogen (secondary N) is 1. The molecule has 1 fully saturated rings. The molecule has 1 saturated carbocycles. The summed E-state index contributed by atoms with van der Waals surface area (Å²) in [4.78, 5) is 11.5. The second kappa shape index (κ2) is 4.54. The van der Waals surface area contributed by atoms with E-state index < -0.39 is 0 Å². The minimum Gasteiger partial charge on any atom is -0.326 e. The number of anilines is 1. The summed E-state index contributed by atoms with van der Waals surface area (Å²) < 4.78 is 0.837. The molecule has 0 aromatic heterocycles. The van der Waals surface area contributed by atoms with Crippen LogP contribution in [0.25, 0.3) is 0 Å². The number of benzene rings is 1. The van der Waals surface area contributed by atoms with Crippen LogP contribution in [0.4, 0.5) is 5.69 Å². The summed E-state index contributed by atoms with van der Waals surface area (Å²) in [5.74, 6) is 0.687. The fraction of sp³-hybridized carbons (Fsp3) is 0.364. The van der Waals surface area contributed by atoms with Gasteiger partial charge in [0.15, 0.2) is 0 Å². The molecule has 0 heterocycles. The van der Waals surface area contributed by atoms with Gasteiger partial charge in [-0.15, -0.1) is 0 Å². The molecule has 1 N–H and O–H groups in total. The van der Waals surface area contributed by atoms with Crippen LogP contribution >= 0.6 is 27.5 Å². The highest BCUT2D eigenvalue weighted by Crippen LogP contribution is 2.33. The fourth-order valence-corrected chi connectivity index (χ4v) is 1.80. The predicted molar refractivity (Wildman–Crippen MR) is 65.1 cm³/mol. The second-order valence-corrected chi connectivity index (χ2v) is 5.09. The summed E-state index contributed by atoms with van der Waals surface area (Å²) in [6.45, 7) is 0. The number of carbonyl (C=O) groups is 1. The summed E-state index contributed by atoms with van der Waals surface area (Å²) in [5.41, 5.74) is 0.758. The van der Waals surface area contributed by atoms with Crippen molar-refractivity contribution in [1.82, 2.24) is 0 Å². The molecule has 2 nitrogen and oxygen atoms in total. The average Bonchev–Trinajstić information content (AvgIpc) is 2.95. The number of hydrogen-bond donors (Lipinski definition) is 1. The number of rotatable bonds is 3. The Balaban J connectivity index is 1.97. The monoisotopic (exact) mass is 287 g/mol. The van der Waals surface area contributed by atoms with Gasteiger partial charge in [0.05, 0.1) is 5.02 Å². The number of halogens is 2. The molecule has 1 amide bonds. The molecule has 4 heteroatoms. The van der Waals surface area contributed by atoms with Crippen LogP contribution < -0.4 is 5.32 Å². The van der Waals surface area contributed by atoms with Gasteiger partial charge in [0.25, 0.3) is 0 Å². The Morgan fingerprint density at radius 2 is 2.27 bits per heavy atom. The highest BCUT2D eigenvalue weighted by molar-refractivity contribution is 9.10. The van der Waals surface area contributed by atoms with Crippen LogP contribution in [0.3, 0.4) is 0 Å². The topological polar surface area (TPSA) is 29.1 Å². The molecular weight excluding hydrogens is 277 g/mol. The van der Waals surface area contributed by atoms with Crippen LogP contribution in [0.15, 0.2) is 22.7 Å². The number of carbonyl (C=O) groups excluding carboxylic acids is 1. The van der Waals surface area contributed by atoms with Crippen LogP contribution in [-0.2, 0) is 4.79 Å². The van der Waals surface area contributed by atoms with E-state index in [4.69, 9.17) is 11.6 Å². The average molecular weight is 289 g/mol. The predicted octanol–water partition coefficient (Wildman–Crippen LogP) is 3.84. The van der Waals surface area contributed by atoms with E-state index in [0.717, 1.165) is 10.2 Å². The lowest BCUT2D eigenvalue weighted by molar-refractivity contribution is -0.116. The first-order valence-electron chi connectivity index (χ1n) is 4.90. The SMILES string of the molecule is O=C(CC1CC1)Nc1ccc(Br)c(Cl)c1. The lowest BCUT2D eigenvalue weighted by Crippen LogP contribution is -2.11. The lowest BCUT2D eigenvalue weighted by Gasteiger charge is -2.05. The van der Waals surface area contributed by atoms with Crippen molar-refractivity contribution in [2.75, 3.05) is 5.32 Å². The molecule has 1 aliphatic rings. The van der Waals surface area contributed by atoms with Crippen molar-refractivity contribution in [3.05, 3.63) is 27.7 Å². The molecule has 0 atom stereocenters. The van der Waals surface area contributed by atoms with Gasteiger partial charge in [0.1, 0.15) is 0 Å². The van der Waals surface area contributed by atoms with Crippen molar-refractivity contribution >= 4 is 39.1 Å². The number of amides is 1. The van der Waals surface area contributed by atoms with E-state index in [9.17, 15) is 4.79 Å². The fourth-order valence-electron chi connectivity index (χ4n) is 1.37. The molecule has 0 spiro atoms. The third-order valence-electron chi connectivity index (χ3n) is 2.37. The zero-order valence-corrected chi connectivity index (χ0v) is 10.4. The standard InChI is InChI=1S/C11H11BrClNO/c12-9-4-3-8(6-10(9)13)14-11(15)5-7-1-2-7/h3-4,6-7H,1-2,5H2,(H,14,15). The maximum Gasteiger partial charge on any atom is 0.224 e. The molecule has 1 aromatic rings. The minimum absolute atomic E-state index is 0.0795. The Labute approximate surface area is 102 Å².